The molecule has 0 radical (unpaired) electrons. The van der Waals surface area contributed by atoms with Crippen molar-refractivity contribution in [1.29, 1.82) is 0 Å². The van der Waals surface area contributed by atoms with Crippen molar-refractivity contribution in [2.24, 2.45) is 0 Å². The zero-order chi connectivity index (χ0) is 57.2. The third-order valence-electron chi connectivity index (χ3n) is 13.4. The number of rotatable bonds is 44. The molecule has 1 aromatic carbocycles. The summed E-state index contributed by atoms with van der Waals surface area (Å²) >= 11 is 3.77. The van der Waals surface area contributed by atoms with Gasteiger partial charge < -0.3 is 86.3 Å². The van der Waals surface area contributed by atoms with Crippen molar-refractivity contribution in [2.75, 3.05) is 136 Å². The molecule has 10 amide bonds. The third kappa shape index (κ3) is 26.2. The summed E-state index contributed by atoms with van der Waals surface area (Å²) in [6.45, 7) is 6.37. The summed E-state index contributed by atoms with van der Waals surface area (Å²) in [7, 11) is 1.44. The fourth-order valence-corrected chi connectivity index (χ4v) is 12.2. The molecule has 4 fully saturated rings. The Morgan fingerprint density at radius 3 is 1.31 bits per heavy atom. The van der Waals surface area contributed by atoms with E-state index < -0.39 is 23.8 Å². The average molecular weight is 1170 g/mol. The van der Waals surface area contributed by atoms with E-state index >= 15 is 0 Å². The second kappa shape index (κ2) is 38.5. The molecule has 10 N–H and O–H groups in total. The number of ether oxygens (including phenoxy) is 6. The number of urea groups is 3. The van der Waals surface area contributed by atoms with E-state index in [1.165, 1.54) is 30.1 Å². The molecule has 27 heteroatoms. The monoisotopic (exact) mass is 1170 g/mol. The van der Waals surface area contributed by atoms with E-state index in [1.54, 1.807) is 0 Å². The van der Waals surface area contributed by atoms with E-state index in [9.17, 15) is 38.4 Å². The Kier molecular flexibility index (Phi) is 31.6. The summed E-state index contributed by atoms with van der Waals surface area (Å²) in [5.41, 5.74) is 0.446. The number of amides is 10. The number of anilines is 1. The first-order chi connectivity index (χ1) is 38.9. The predicted octanol–water partition coefficient (Wildman–Crippen LogP) is 2.43. The van der Waals surface area contributed by atoms with Crippen LogP contribution in [-0.2, 0) is 42.8 Å². The Morgan fingerprint density at radius 2 is 0.912 bits per heavy atom. The number of unbranched alkanes of at least 4 members (excludes halogenated alkanes) is 2. The van der Waals surface area contributed by atoms with Gasteiger partial charge in [0, 0.05) is 118 Å². The molecule has 0 aromatic heterocycles. The Balaban J connectivity index is 0.830. The number of thioether (sulfide) groups is 2. The summed E-state index contributed by atoms with van der Waals surface area (Å²) in [6, 6.07) is 4.34. The van der Waals surface area contributed by atoms with Gasteiger partial charge in [-0.2, -0.15) is 23.5 Å². The Hall–Kier alpha value is -5.16. The number of nitrogens with one attached hydrogen (secondary N) is 9. The van der Waals surface area contributed by atoms with Crippen molar-refractivity contribution in [3.8, 4) is 0 Å². The zero-order valence-electron chi connectivity index (χ0n) is 46.2. The molecule has 6 unspecified atom stereocenters. The number of carboxylic acid groups (broad SMARTS) is 1. The van der Waals surface area contributed by atoms with Crippen LogP contribution < -0.4 is 47.9 Å². The molecule has 6 atom stereocenters. The van der Waals surface area contributed by atoms with Gasteiger partial charge in [-0.05, 0) is 69.6 Å². The molecule has 5 rings (SSSR count). The van der Waals surface area contributed by atoms with Gasteiger partial charge in [0.05, 0.1) is 83.4 Å². The lowest BCUT2D eigenvalue weighted by Gasteiger charge is -2.18. The Morgan fingerprint density at radius 1 is 0.525 bits per heavy atom. The lowest BCUT2D eigenvalue weighted by molar-refractivity contribution is -0.137. The normalized spacial score (nSPS) is 19.7. The molecular formula is C53H86N10O15S2. The van der Waals surface area contributed by atoms with Crippen LogP contribution in [0, 0.1) is 0 Å². The van der Waals surface area contributed by atoms with Crippen molar-refractivity contribution >= 4 is 76.9 Å². The highest BCUT2D eigenvalue weighted by molar-refractivity contribution is 8.00. The minimum absolute atomic E-state index is 0.0348. The van der Waals surface area contributed by atoms with Crippen LogP contribution in [0.1, 0.15) is 104 Å². The first-order valence-corrected chi connectivity index (χ1v) is 30.3. The van der Waals surface area contributed by atoms with Crippen LogP contribution >= 0.6 is 23.5 Å². The molecule has 25 nitrogen and oxygen atoms in total. The predicted molar refractivity (Wildman–Crippen MR) is 302 cm³/mol. The van der Waals surface area contributed by atoms with Crippen molar-refractivity contribution in [3.05, 3.63) is 29.3 Å². The first-order valence-electron chi connectivity index (χ1n) is 28.2. The summed E-state index contributed by atoms with van der Waals surface area (Å²) in [6.07, 6.45) is 8.60. The molecule has 80 heavy (non-hydrogen) atoms. The van der Waals surface area contributed by atoms with Crippen LogP contribution in [0.25, 0.3) is 0 Å². The van der Waals surface area contributed by atoms with Crippen LogP contribution in [0.5, 0.6) is 0 Å². The van der Waals surface area contributed by atoms with Gasteiger partial charge in [0.1, 0.15) is 0 Å². The number of carboxylic acids is 1. The lowest BCUT2D eigenvalue weighted by Crippen LogP contribution is -2.36. The largest absolute Gasteiger partial charge is 0.481 e. The number of hydrogen-bond acceptors (Lipinski definition) is 16. The molecule has 4 saturated heterocycles. The van der Waals surface area contributed by atoms with E-state index in [0.29, 0.717) is 141 Å². The van der Waals surface area contributed by atoms with Gasteiger partial charge >= 0.3 is 24.1 Å². The van der Waals surface area contributed by atoms with Gasteiger partial charge in [-0.15, -0.1) is 0 Å². The third-order valence-corrected chi connectivity index (χ3v) is 16.5. The first kappa shape index (κ1) is 65.6. The minimum atomic E-state index is -1.06. The SMILES string of the molecule is CN(CCC(=O)O)C(=O)Nc1cc(C(=O)NCCCOCCOCCOCCCNC(=O)CCCCC2SCC3NC(=O)NC32)cc(C(=O)NCCCOCCOCCOCCCNC(=O)CCCCC2SCC3NC(=O)NC32)c1. The maximum absolute atomic E-state index is 13.3. The molecule has 4 aliphatic heterocycles. The summed E-state index contributed by atoms with van der Waals surface area (Å²) in [5.74, 6) is -0.0640. The smallest absolute Gasteiger partial charge is 0.321 e. The standard InChI is InChI=1S/C53H86N10O15S2/c1-63(19-14-46(66)67)53(72)58-39-33-37(49(68)56-17-8-22-75-26-30-77-28-24-73-20-6-15-54-44(64)12-4-2-10-42-47-40(35-79-42)59-51(70)61-47)32-38(34-39)50(69)57-18-9-23-76-27-31-78-29-25-74-21-7-16-55-45(65)13-5-3-11-43-48-41(36-80-43)60-52(71)62-48/h32-34,40-43,47-48H,2-31,35-36H2,1H3,(H,54,64)(H,55,65)(H,56,68)(H,57,69)(H,58,72)(H,66,67)(H2,59,61,70)(H2,60,62,71). The van der Waals surface area contributed by atoms with Crippen LogP contribution in [-0.4, -0.2) is 223 Å². The summed E-state index contributed by atoms with van der Waals surface area (Å²) < 4.78 is 33.6. The maximum Gasteiger partial charge on any atom is 0.321 e. The molecule has 0 aliphatic carbocycles. The quantitative estimate of drug-likeness (QED) is 0.0331. The van der Waals surface area contributed by atoms with Gasteiger partial charge in [0.2, 0.25) is 11.8 Å². The summed E-state index contributed by atoms with van der Waals surface area (Å²) in [4.78, 5) is 99.1. The minimum Gasteiger partial charge on any atom is -0.481 e. The van der Waals surface area contributed by atoms with E-state index in [0.717, 1.165) is 50.0 Å². The number of fused-ring (bicyclic) bond motifs is 2. The molecule has 1 aromatic rings. The van der Waals surface area contributed by atoms with Crippen molar-refractivity contribution < 1.29 is 71.9 Å². The number of carbonyl (C=O) groups excluding carboxylic acids is 7. The maximum atomic E-state index is 13.3. The van der Waals surface area contributed by atoms with Crippen LogP contribution in [0.4, 0.5) is 20.1 Å². The van der Waals surface area contributed by atoms with Gasteiger partial charge in [-0.1, -0.05) is 12.8 Å². The van der Waals surface area contributed by atoms with Crippen LogP contribution in [0.15, 0.2) is 18.2 Å². The zero-order valence-corrected chi connectivity index (χ0v) is 47.9. The van der Waals surface area contributed by atoms with E-state index in [4.69, 9.17) is 33.5 Å². The molecule has 0 saturated carbocycles. The highest BCUT2D eigenvalue weighted by atomic mass is 32.2. The molecule has 0 spiro atoms. The lowest BCUT2D eigenvalue weighted by atomic mass is 10.0. The van der Waals surface area contributed by atoms with E-state index in [-0.39, 0.29) is 90.9 Å². The van der Waals surface area contributed by atoms with Crippen molar-refractivity contribution in [2.45, 2.75) is 118 Å². The molecule has 450 valence electrons. The molecule has 4 aliphatic rings. The fraction of sp³-hybridized carbons (Fsp3) is 0.736. The number of carbonyl (C=O) groups is 8. The second-order valence-corrected chi connectivity index (χ2v) is 22.4. The average Bonchev–Trinajstić information content (AvgIpc) is 4.26. The van der Waals surface area contributed by atoms with E-state index in [2.05, 4.69) is 47.9 Å². The number of hydrogen-bond donors (Lipinski definition) is 10. The number of aliphatic carboxylic acids is 1. The van der Waals surface area contributed by atoms with Gasteiger partial charge in [0.25, 0.3) is 11.8 Å². The fourth-order valence-electron chi connectivity index (χ4n) is 9.11. The molecule has 4 heterocycles. The van der Waals surface area contributed by atoms with Crippen LogP contribution in [0.3, 0.4) is 0 Å². The van der Waals surface area contributed by atoms with Crippen molar-refractivity contribution in [3.63, 3.8) is 0 Å². The van der Waals surface area contributed by atoms with Gasteiger partial charge in [-0.25, -0.2) is 14.4 Å². The van der Waals surface area contributed by atoms with Crippen molar-refractivity contribution in [1.82, 2.24) is 47.4 Å². The number of benzene rings is 1. The number of nitrogens with zero attached hydrogens (tertiary/aromatic N) is 1. The Bertz CT molecular complexity index is 1980. The van der Waals surface area contributed by atoms with Gasteiger partial charge in [-0.3, -0.25) is 24.0 Å². The topological polar surface area (TPSA) is 324 Å². The highest BCUT2D eigenvalue weighted by Gasteiger charge is 2.43. The van der Waals surface area contributed by atoms with Gasteiger partial charge in [0.15, 0.2) is 0 Å². The Labute approximate surface area is 477 Å². The van der Waals surface area contributed by atoms with E-state index in [1.807, 2.05) is 23.5 Å². The second-order valence-electron chi connectivity index (χ2n) is 19.8. The highest BCUT2D eigenvalue weighted by Crippen LogP contribution is 2.34. The molecular weight excluding hydrogens is 1080 g/mol. The van der Waals surface area contributed by atoms with Crippen LogP contribution in [0.2, 0.25) is 0 Å². The summed E-state index contributed by atoms with van der Waals surface area (Å²) in [5, 5.41) is 35.9. The molecule has 0 bridgehead atoms.